The van der Waals surface area contributed by atoms with Crippen molar-refractivity contribution in [2.75, 3.05) is 24.1 Å². The number of fused-ring (bicyclic) bond motifs is 1. The summed E-state index contributed by atoms with van der Waals surface area (Å²) >= 11 is 0. The molecule has 0 radical (unpaired) electrons. The number of piperidine rings is 1. The summed E-state index contributed by atoms with van der Waals surface area (Å²) in [4.78, 5) is 39.9. The van der Waals surface area contributed by atoms with Crippen molar-refractivity contribution in [3.8, 4) is 11.9 Å². The average molecular weight is 523 g/mol. The third-order valence-electron chi connectivity index (χ3n) is 6.30. The molecular weight excluding hydrogens is 503 g/mol. The van der Waals surface area contributed by atoms with Gasteiger partial charge in [0.05, 0.1) is 17.3 Å². The van der Waals surface area contributed by atoms with Gasteiger partial charge in [0.1, 0.15) is 17.7 Å². The maximum Gasteiger partial charge on any atom is 0.416 e. The Bertz CT molecular complexity index is 1620. The molecule has 3 aromatic heterocycles. The summed E-state index contributed by atoms with van der Waals surface area (Å²) in [5.74, 6) is -0.854. The molecule has 14 heteroatoms. The fourth-order valence-corrected chi connectivity index (χ4v) is 4.52. The molecule has 1 aliphatic heterocycles. The smallest absolute Gasteiger partial charge is 0.382 e. The Morgan fingerprint density at radius 3 is 2.63 bits per heavy atom. The van der Waals surface area contributed by atoms with Crippen LogP contribution in [0.1, 0.15) is 34.8 Å². The standard InChI is InChI=1S/C24H20F3N9O2/c25-24(26,27)15-7-8-30-18(10-15)33-22(37)14-3-5-16(6-4-14)35-19-20(29)31-13-32-21(19)36(23(35)38)17-2-1-9-34(11-17)12-28/h3-8,10,13,17H,1-2,9,11H2,(H2,29,31,32)(H,30,33,37). The molecule has 3 N–H and O–H groups in total. The largest absolute Gasteiger partial charge is 0.416 e. The van der Waals surface area contributed by atoms with Gasteiger partial charge < -0.3 is 16.0 Å². The quantitative estimate of drug-likeness (QED) is 0.388. The number of halogens is 3. The molecule has 0 bridgehead atoms. The molecule has 194 valence electrons. The fourth-order valence-electron chi connectivity index (χ4n) is 4.52. The summed E-state index contributed by atoms with van der Waals surface area (Å²) < 4.78 is 41.7. The van der Waals surface area contributed by atoms with Crippen LogP contribution in [0, 0.1) is 11.5 Å². The number of nitrogens with zero attached hydrogens (tertiary/aromatic N) is 7. The maximum absolute atomic E-state index is 13.6. The number of nitriles is 1. The highest BCUT2D eigenvalue weighted by atomic mass is 19.4. The molecule has 38 heavy (non-hydrogen) atoms. The highest BCUT2D eigenvalue weighted by Crippen LogP contribution is 2.30. The first kappa shape index (κ1) is 24.8. The second-order valence-electron chi connectivity index (χ2n) is 8.69. The number of hydrogen-bond donors (Lipinski definition) is 2. The number of imidazole rings is 1. The molecule has 1 unspecified atom stereocenters. The van der Waals surface area contributed by atoms with Crippen LogP contribution in [-0.2, 0) is 6.18 Å². The second kappa shape index (κ2) is 9.51. The number of carbonyl (C=O) groups excluding carboxylic acids is 1. The summed E-state index contributed by atoms with van der Waals surface area (Å²) in [6.07, 6.45) is 1.16. The van der Waals surface area contributed by atoms with Gasteiger partial charge >= 0.3 is 11.9 Å². The van der Waals surface area contributed by atoms with Gasteiger partial charge in [-0.2, -0.15) is 18.4 Å². The van der Waals surface area contributed by atoms with Gasteiger partial charge in [-0.05, 0) is 49.2 Å². The number of amides is 1. The highest BCUT2D eigenvalue weighted by Gasteiger charge is 2.31. The van der Waals surface area contributed by atoms with Crippen molar-refractivity contribution in [3.05, 3.63) is 70.5 Å². The molecule has 5 rings (SSSR count). The van der Waals surface area contributed by atoms with E-state index in [0.717, 1.165) is 24.8 Å². The van der Waals surface area contributed by atoms with E-state index in [0.29, 0.717) is 30.8 Å². The number of hydrogen-bond acceptors (Lipinski definition) is 8. The van der Waals surface area contributed by atoms with Crippen molar-refractivity contribution in [2.24, 2.45) is 0 Å². The minimum absolute atomic E-state index is 0.0799. The molecule has 11 nitrogen and oxygen atoms in total. The summed E-state index contributed by atoms with van der Waals surface area (Å²) in [6, 6.07) is 7.10. The van der Waals surface area contributed by atoms with E-state index in [1.807, 2.05) is 0 Å². The van der Waals surface area contributed by atoms with Gasteiger partial charge in [-0.1, -0.05) is 0 Å². The van der Waals surface area contributed by atoms with Crippen molar-refractivity contribution in [1.29, 1.82) is 5.26 Å². The molecule has 0 spiro atoms. The average Bonchev–Trinajstić information content (AvgIpc) is 3.21. The monoisotopic (exact) mass is 523 g/mol. The van der Waals surface area contributed by atoms with E-state index in [-0.39, 0.29) is 28.8 Å². The maximum atomic E-state index is 13.6. The van der Waals surface area contributed by atoms with Gasteiger partial charge in [0, 0.05) is 24.8 Å². The molecule has 1 saturated heterocycles. The van der Waals surface area contributed by atoms with Crippen LogP contribution in [0.4, 0.5) is 24.8 Å². The van der Waals surface area contributed by atoms with E-state index >= 15 is 0 Å². The predicted octanol–water partition coefficient (Wildman–Crippen LogP) is 2.95. The summed E-state index contributed by atoms with van der Waals surface area (Å²) in [6.45, 7) is 0.958. The molecule has 1 aliphatic rings. The molecule has 4 heterocycles. The Balaban J connectivity index is 1.48. The lowest BCUT2D eigenvalue weighted by Gasteiger charge is -2.29. The molecule has 1 aromatic carbocycles. The van der Waals surface area contributed by atoms with E-state index in [1.54, 1.807) is 4.90 Å². The van der Waals surface area contributed by atoms with E-state index in [9.17, 15) is 28.0 Å². The lowest BCUT2D eigenvalue weighted by molar-refractivity contribution is -0.137. The molecule has 1 atom stereocenters. The first-order valence-corrected chi connectivity index (χ1v) is 11.5. The van der Waals surface area contributed by atoms with Crippen molar-refractivity contribution >= 4 is 28.7 Å². The van der Waals surface area contributed by atoms with E-state index < -0.39 is 23.3 Å². The number of benzene rings is 1. The normalized spacial score (nSPS) is 15.8. The van der Waals surface area contributed by atoms with Crippen LogP contribution in [-0.4, -0.2) is 48.0 Å². The number of aromatic nitrogens is 5. The predicted molar refractivity (Wildman–Crippen MR) is 130 cm³/mol. The third kappa shape index (κ3) is 4.49. The first-order chi connectivity index (χ1) is 18.2. The zero-order valence-electron chi connectivity index (χ0n) is 19.7. The van der Waals surface area contributed by atoms with Crippen molar-refractivity contribution in [1.82, 2.24) is 29.0 Å². The van der Waals surface area contributed by atoms with Gasteiger partial charge in [0.15, 0.2) is 17.7 Å². The number of carbonyl (C=O) groups is 1. The summed E-state index contributed by atoms with van der Waals surface area (Å²) in [5, 5.41) is 11.7. The van der Waals surface area contributed by atoms with Crippen LogP contribution in [0.25, 0.3) is 16.9 Å². The van der Waals surface area contributed by atoms with Gasteiger partial charge in [-0.15, -0.1) is 0 Å². The van der Waals surface area contributed by atoms with Crippen LogP contribution in [0.3, 0.4) is 0 Å². The van der Waals surface area contributed by atoms with E-state index in [1.165, 1.54) is 39.7 Å². The Kier molecular flexibility index (Phi) is 6.19. The minimum atomic E-state index is -4.58. The zero-order valence-corrected chi connectivity index (χ0v) is 19.7. The molecule has 0 aliphatic carbocycles. The number of nitrogens with two attached hydrogens (primary N) is 1. The highest BCUT2D eigenvalue weighted by molar-refractivity contribution is 6.03. The number of nitrogen functional groups attached to an aromatic ring is 1. The number of alkyl halides is 3. The number of rotatable bonds is 4. The van der Waals surface area contributed by atoms with Crippen molar-refractivity contribution in [3.63, 3.8) is 0 Å². The number of likely N-dealkylation sites (tertiary alicyclic amines) is 1. The van der Waals surface area contributed by atoms with Crippen molar-refractivity contribution < 1.29 is 18.0 Å². The van der Waals surface area contributed by atoms with E-state index in [4.69, 9.17) is 5.73 Å². The summed E-state index contributed by atoms with van der Waals surface area (Å²) in [5.41, 5.74) is 5.88. The fraction of sp³-hybridized carbons (Fsp3) is 0.250. The molecule has 4 aromatic rings. The second-order valence-corrected chi connectivity index (χ2v) is 8.69. The zero-order chi connectivity index (χ0) is 27.0. The number of pyridine rings is 1. The Hall–Kier alpha value is -4.93. The first-order valence-electron chi connectivity index (χ1n) is 11.5. The Morgan fingerprint density at radius 2 is 1.92 bits per heavy atom. The lowest BCUT2D eigenvalue weighted by Crippen LogP contribution is -2.37. The van der Waals surface area contributed by atoms with Crippen LogP contribution in [0.5, 0.6) is 0 Å². The minimum Gasteiger partial charge on any atom is -0.382 e. The Morgan fingerprint density at radius 1 is 1.16 bits per heavy atom. The lowest BCUT2D eigenvalue weighted by atomic mass is 10.1. The molecule has 1 fully saturated rings. The topological polar surface area (TPSA) is 148 Å². The number of nitrogens with one attached hydrogen (secondary N) is 1. The van der Waals surface area contributed by atoms with Gasteiger partial charge in [0.25, 0.3) is 5.91 Å². The molecule has 0 saturated carbocycles. The Labute approximate surface area is 213 Å². The van der Waals surface area contributed by atoms with Crippen LogP contribution >= 0.6 is 0 Å². The van der Waals surface area contributed by atoms with Crippen molar-refractivity contribution in [2.45, 2.75) is 25.1 Å². The van der Waals surface area contributed by atoms with Gasteiger partial charge in [0.2, 0.25) is 0 Å². The summed E-state index contributed by atoms with van der Waals surface area (Å²) in [7, 11) is 0. The van der Waals surface area contributed by atoms with Crippen LogP contribution in [0.15, 0.2) is 53.7 Å². The number of anilines is 2. The van der Waals surface area contributed by atoms with Gasteiger partial charge in [-0.25, -0.2) is 19.7 Å². The third-order valence-corrected chi connectivity index (χ3v) is 6.30. The van der Waals surface area contributed by atoms with E-state index in [2.05, 4.69) is 26.5 Å². The van der Waals surface area contributed by atoms with Crippen LogP contribution < -0.4 is 16.7 Å². The van der Waals surface area contributed by atoms with Gasteiger partial charge in [-0.3, -0.25) is 13.9 Å². The SMILES string of the molecule is N#CN1CCCC(n2c(=O)n(-c3ccc(C(=O)Nc4cc(C(F)(F)F)ccn4)cc3)c3c(N)ncnc32)C1. The molecular formula is C24H20F3N9O2. The molecule has 1 amide bonds. The van der Waals surface area contributed by atoms with Crippen LogP contribution in [0.2, 0.25) is 0 Å².